The fourth-order valence-corrected chi connectivity index (χ4v) is 8.17. The number of esters is 3. The van der Waals surface area contributed by atoms with Gasteiger partial charge in [0.15, 0.2) is 6.10 Å². The summed E-state index contributed by atoms with van der Waals surface area (Å²) in [6, 6.07) is 0. The summed E-state index contributed by atoms with van der Waals surface area (Å²) in [5, 5.41) is 0. The first-order valence-corrected chi connectivity index (χ1v) is 26.7. The van der Waals surface area contributed by atoms with E-state index in [0.717, 1.165) is 69.6 Å². The van der Waals surface area contributed by atoms with E-state index in [1.165, 1.54) is 186 Å². The Hall–Kier alpha value is -1.59. The van der Waals surface area contributed by atoms with Crippen molar-refractivity contribution in [3.05, 3.63) is 0 Å². The van der Waals surface area contributed by atoms with Crippen LogP contribution in [0, 0.1) is 11.8 Å². The van der Waals surface area contributed by atoms with Gasteiger partial charge in [-0.2, -0.15) is 0 Å². The van der Waals surface area contributed by atoms with Crippen molar-refractivity contribution in [3.8, 4) is 0 Å². The van der Waals surface area contributed by atoms with E-state index in [0.29, 0.717) is 19.3 Å². The third kappa shape index (κ3) is 47.5. The van der Waals surface area contributed by atoms with Crippen LogP contribution < -0.4 is 0 Å². The Morgan fingerprint density at radius 1 is 0.317 bits per heavy atom. The summed E-state index contributed by atoms with van der Waals surface area (Å²) in [5.74, 6) is 0.806. The molecule has 0 unspecified atom stereocenters. The molecule has 0 aliphatic heterocycles. The highest BCUT2D eigenvalue weighted by Gasteiger charge is 2.19. The number of ether oxygens (including phenoxy) is 3. The van der Waals surface area contributed by atoms with Gasteiger partial charge in [-0.15, -0.1) is 0 Å². The summed E-state index contributed by atoms with van der Waals surface area (Å²) in [6.45, 7) is 11.4. The normalized spacial score (nSPS) is 12.1. The summed E-state index contributed by atoms with van der Waals surface area (Å²) >= 11 is 0. The molecular weight excluding hydrogens is 745 g/mol. The van der Waals surface area contributed by atoms with Gasteiger partial charge in [-0.3, -0.25) is 14.4 Å². The predicted molar refractivity (Wildman–Crippen MR) is 256 cm³/mol. The highest BCUT2D eigenvalue weighted by Crippen LogP contribution is 2.18. The highest BCUT2D eigenvalue weighted by molar-refractivity contribution is 5.71. The summed E-state index contributed by atoms with van der Waals surface area (Å²) in [7, 11) is 0. The van der Waals surface area contributed by atoms with Crippen molar-refractivity contribution in [2.45, 2.75) is 304 Å². The van der Waals surface area contributed by atoms with Crippen LogP contribution in [0.1, 0.15) is 298 Å². The van der Waals surface area contributed by atoms with Crippen LogP contribution in [-0.2, 0) is 28.6 Å². The molecule has 0 radical (unpaired) electrons. The van der Waals surface area contributed by atoms with E-state index in [2.05, 4.69) is 34.6 Å². The maximum Gasteiger partial charge on any atom is 0.306 e. The Balaban J connectivity index is 4.17. The average molecular weight is 849 g/mol. The summed E-state index contributed by atoms with van der Waals surface area (Å²) in [4.78, 5) is 37.9. The maximum atomic E-state index is 12.7. The van der Waals surface area contributed by atoms with E-state index in [-0.39, 0.29) is 31.1 Å². The van der Waals surface area contributed by atoms with Gasteiger partial charge >= 0.3 is 17.9 Å². The molecule has 0 bridgehead atoms. The molecule has 1 atom stereocenters. The number of rotatable bonds is 48. The fourth-order valence-electron chi connectivity index (χ4n) is 8.17. The van der Waals surface area contributed by atoms with Crippen molar-refractivity contribution >= 4 is 17.9 Å². The van der Waals surface area contributed by atoms with E-state index in [9.17, 15) is 14.4 Å². The molecule has 0 aromatic heterocycles. The largest absolute Gasteiger partial charge is 0.462 e. The summed E-state index contributed by atoms with van der Waals surface area (Å²) in [6.07, 6.45) is 48.2. The minimum absolute atomic E-state index is 0.0638. The minimum atomic E-state index is -0.761. The molecule has 0 fully saturated rings. The molecule has 6 nitrogen and oxygen atoms in total. The minimum Gasteiger partial charge on any atom is -0.462 e. The molecular formula is C54H104O6. The standard InChI is InChI=1S/C54H104O6/c1-6-7-8-9-10-11-23-31-36-41-46-54(57)60-51(48-59-53(56)45-40-35-30-26-25-28-33-38-43-50(4)5)47-58-52(55)44-39-34-29-24-21-19-17-15-13-12-14-16-18-20-22-27-32-37-42-49(2)3/h49-51H,6-48H2,1-5H3/t51-/m0/s1. The molecule has 0 amide bonds. The van der Waals surface area contributed by atoms with Gasteiger partial charge in [-0.1, -0.05) is 259 Å². The van der Waals surface area contributed by atoms with E-state index in [4.69, 9.17) is 14.2 Å². The van der Waals surface area contributed by atoms with Gasteiger partial charge in [-0.05, 0) is 31.1 Å². The van der Waals surface area contributed by atoms with E-state index in [1.54, 1.807) is 0 Å². The third-order valence-electron chi connectivity index (χ3n) is 12.2. The van der Waals surface area contributed by atoms with Crippen LogP contribution in [-0.4, -0.2) is 37.2 Å². The molecule has 0 aromatic rings. The van der Waals surface area contributed by atoms with Crippen LogP contribution in [0.2, 0.25) is 0 Å². The zero-order chi connectivity index (χ0) is 44.0. The molecule has 356 valence electrons. The SMILES string of the molecule is CCCCCCCCCCCCC(=O)O[C@@H](COC(=O)CCCCCCCCCCCCCCCCCCCCC(C)C)COC(=O)CCCCCCCCCCC(C)C. The lowest BCUT2D eigenvalue weighted by molar-refractivity contribution is -0.167. The average Bonchev–Trinajstić information content (AvgIpc) is 3.22. The van der Waals surface area contributed by atoms with Crippen molar-refractivity contribution in [2.24, 2.45) is 11.8 Å². The molecule has 0 aliphatic carbocycles. The van der Waals surface area contributed by atoms with Crippen LogP contribution in [0.4, 0.5) is 0 Å². The van der Waals surface area contributed by atoms with Crippen molar-refractivity contribution in [1.29, 1.82) is 0 Å². The van der Waals surface area contributed by atoms with Gasteiger partial charge in [0, 0.05) is 19.3 Å². The van der Waals surface area contributed by atoms with Crippen LogP contribution in [0.3, 0.4) is 0 Å². The van der Waals surface area contributed by atoms with E-state index in [1.807, 2.05) is 0 Å². The Kier molecular flexibility index (Phi) is 45.7. The molecule has 0 N–H and O–H groups in total. The molecule has 60 heavy (non-hydrogen) atoms. The van der Waals surface area contributed by atoms with Gasteiger partial charge in [0.2, 0.25) is 0 Å². The van der Waals surface area contributed by atoms with Crippen molar-refractivity contribution in [1.82, 2.24) is 0 Å². The lowest BCUT2D eigenvalue weighted by Gasteiger charge is -2.18. The second-order valence-electron chi connectivity index (χ2n) is 19.5. The molecule has 0 rings (SSSR count). The molecule has 0 saturated carbocycles. The van der Waals surface area contributed by atoms with Crippen LogP contribution in [0.15, 0.2) is 0 Å². The van der Waals surface area contributed by atoms with Gasteiger partial charge in [0.25, 0.3) is 0 Å². The first-order valence-electron chi connectivity index (χ1n) is 26.7. The maximum absolute atomic E-state index is 12.7. The smallest absolute Gasteiger partial charge is 0.306 e. The first-order chi connectivity index (χ1) is 29.2. The van der Waals surface area contributed by atoms with Gasteiger partial charge in [0.1, 0.15) is 13.2 Å². The lowest BCUT2D eigenvalue weighted by atomic mass is 10.0. The topological polar surface area (TPSA) is 78.9 Å². The number of hydrogen-bond donors (Lipinski definition) is 0. The Bertz CT molecular complexity index is 916. The van der Waals surface area contributed by atoms with Gasteiger partial charge in [0.05, 0.1) is 0 Å². The Labute approximate surface area is 374 Å². The van der Waals surface area contributed by atoms with Crippen LogP contribution >= 0.6 is 0 Å². The lowest BCUT2D eigenvalue weighted by Crippen LogP contribution is -2.30. The highest BCUT2D eigenvalue weighted by atomic mass is 16.6. The molecule has 0 aromatic carbocycles. The summed E-state index contributed by atoms with van der Waals surface area (Å²) in [5.41, 5.74) is 0. The third-order valence-corrected chi connectivity index (χ3v) is 12.2. The monoisotopic (exact) mass is 849 g/mol. The van der Waals surface area contributed by atoms with Crippen molar-refractivity contribution < 1.29 is 28.6 Å². The predicted octanol–water partition coefficient (Wildman–Crippen LogP) is 17.3. The Morgan fingerprint density at radius 3 is 0.817 bits per heavy atom. The number of carbonyl (C=O) groups is 3. The van der Waals surface area contributed by atoms with Gasteiger partial charge < -0.3 is 14.2 Å². The fraction of sp³-hybridized carbons (Fsp3) is 0.944. The zero-order valence-electron chi connectivity index (χ0n) is 41.1. The second kappa shape index (κ2) is 46.9. The Morgan fingerprint density at radius 2 is 0.550 bits per heavy atom. The first kappa shape index (κ1) is 58.4. The van der Waals surface area contributed by atoms with Gasteiger partial charge in [-0.25, -0.2) is 0 Å². The molecule has 6 heteroatoms. The molecule has 0 saturated heterocycles. The molecule has 0 aliphatic rings. The second-order valence-corrected chi connectivity index (χ2v) is 19.5. The van der Waals surface area contributed by atoms with Crippen LogP contribution in [0.25, 0.3) is 0 Å². The van der Waals surface area contributed by atoms with Crippen molar-refractivity contribution in [3.63, 3.8) is 0 Å². The van der Waals surface area contributed by atoms with E-state index >= 15 is 0 Å². The molecule has 0 spiro atoms. The molecule has 0 heterocycles. The zero-order valence-corrected chi connectivity index (χ0v) is 41.1. The van der Waals surface area contributed by atoms with E-state index < -0.39 is 6.10 Å². The van der Waals surface area contributed by atoms with Crippen molar-refractivity contribution in [2.75, 3.05) is 13.2 Å². The number of hydrogen-bond acceptors (Lipinski definition) is 6. The quantitative estimate of drug-likeness (QED) is 0.0345. The van der Waals surface area contributed by atoms with Crippen LogP contribution in [0.5, 0.6) is 0 Å². The number of unbranched alkanes of at least 4 members (excludes halogenated alkanes) is 33. The number of carbonyl (C=O) groups excluding carboxylic acids is 3. The summed E-state index contributed by atoms with van der Waals surface area (Å²) < 4.78 is 16.8.